The lowest BCUT2D eigenvalue weighted by Crippen LogP contribution is -1.88. The van der Waals surface area contributed by atoms with Gasteiger partial charge in [-0.2, -0.15) is 0 Å². The quantitative estimate of drug-likeness (QED) is 0.501. The van der Waals surface area contributed by atoms with Crippen molar-refractivity contribution in [2.45, 2.75) is 9.79 Å². The number of benzene rings is 2. The van der Waals surface area contributed by atoms with E-state index in [1.54, 1.807) is 6.07 Å². The molecule has 0 saturated carbocycles. The molecule has 2 aromatic rings. The largest absolute Gasteiger partial charge is 0.502 e. The van der Waals surface area contributed by atoms with Gasteiger partial charge in [-0.05, 0) is 59.0 Å². The average Bonchev–Trinajstić information content (AvgIpc) is 2.34. The fourth-order valence-electron chi connectivity index (χ4n) is 1.35. The highest BCUT2D eigenvalue weighted by atomic mass is 127. The number of phenols is 1. The molecule has 2 aromatic carbocycles. The van der Waals surface area contributed by atoms with Crippen molar-refractivity contribution < 1.29 is 10.0 Å². The molecule has 0 aromatic heterocycles. The van der Waals surface area contributed by atoms with Gasteiger partial charge in [0.05, 0.1) is 4.92 Å². The maximum absolute atomic E-state index is 10.7. The number of hydrogen-bond acceptors (Lipinski definition) is 4. The Hall–Kier alpha value is -1.28. The van der Waals surface area contributed by atoms with Crippen LogP contribution >= 0.6 is 34.4 Å². The van der Waals surface area contributed by atoms with Crippen LogP contribution in [0.5, 0.6) is 5.75 Å². The normalized spacial score (nSPS) is 10.3. The monoisotopic (exact) mass is 373 g/mol. The Bertz CT molecular complexity index is 586. The predicted octanol–water partition coefficient (Wildman–Crippen LogP) is 4.06. The molecular weight excluding hydrogens is 365 g/mol. The van der Waals surface area contributed by atoms with Crippen LogP contribution in [0.15, 0.2) is 52.3 Å². The summed E-state index contributed by atoms with van der Waals surface area (Å²) in [6.07, 6.45) is 0. The number of phenolic OH excluding ortho intramolecular Hbond substituents is 1. The van der Waals surface area contributed by atoms with Crippen molar-refractivity contribution >= 4 is 40.0 Å². The topological polar surface area (TPSA) is 63.4 Å². The maximum atomic E-state index is 10.7. The summed E-state index contributed by atoms with van der Waals surface area (Å²) >= 11 is 3.63. The fraction of sp³-hybridized carbons (Fsp3) is 0. The van der Waals surface area contributed by atoms with Crippen molar-refractivity contribution in [3.8, 4) is 5.75 Å². The lowest BCUT2D eigenvalue weighted by Gasteiger charge is -2.03. The summed E-state index contributed by atoms with van der Waals surface area (Å²) in [6.45, 7) is 0. The molecule has 6 heteroatoms. The first-order valence-electron chi connectivity index (χ1n) is 4.97. The Kier molecular flexibility index (Phi) is 4.07. The van der Waals surface area contributed by atoms with E-state index in [1.165, 1.54) is 23.9 Å². The van der Waals surface area contributed by atoms with E-state index < -0.39 is 4.92 Å². The highest BCUT2D eigenvalue weighted by Gasteiger charge is 2.13. The molecule has 0 aliphatic heterocycles. The molecule has 4 nitrogen and oxygen atoms in total. The molecule has 1 N–H and O–H groups in total. The van der Waals surface area contributed by atoms with E-state index in [9.17, 15) is 15.2 Å². The van der Waals surface area contributed by atoms with Crippen LogP contribution < -0.4 is 0 Å². The van der Waals surface area contributed by atoms with Crippen molar-refractivity contribution in [2.24, 2.45) is 0 Å². The number of aromatic hydroxyl groups is 1. The van der Waals surface area contributed by atoms with Crippen molar-refractivity contribution in [1.82, 2.24) is 0 Å². The zero-order chi connectivity index (χ0) is 13.1. The number of rotatable bonds is 3. The zero-order valence-electron chi connectivity index (χ0n) is 9.04. The van der Waals surface area contributed by atoms with Gasteiger partial charge in [-0.15, -0.1) is 0 Å². The van der Waals surface area contributed by atoms with Crippen LogP contribution in [0.2, 0.25) is 0 Å². The van der Waals surface area contributed by atoms with E-state index >= 15 is 0 Å². The first-order chi connectivity index (χ1) is 8.56. The van der Waals surface area contributed by atoms with Crippen LogP contribution in [0.25, 0.3) is 0 Å². The molecule has 18 heavy (non-hydrogen) atoms. The molecule has 2 rings (SSSR count). The fourth-order valence-corrected chi connectivity index (χ4v) is 2.56. The van der Waals surface area contributed by atoms with Crippen molar-refractivity contribution in [1.29, 1.82) is 0 Å². The summed E-state index contributed by atoms with van der Waals surface area (Å²) in [7, 11) is 0. The molecular formula is C12H8INO3S. The van der Waals surface area contributed by atoms with Crippen LogP contribution in [0.3, 0.4) is 0 Å². The predicted molar refractivity (Wildman–Crippen MR) is 78.0 cm³/mol. The Balaban J connectivity index is 2.27. The number of nitro benzene ring substituents is 1. The SMILES string of the molecule is O=[N+]([O-])c1cc(Sc2ccc(I)cc2)ccc1O. The third-order valence-corrected chi connectivity index (χ3v) is 3.91. The molecule has 0 unspecified atom stereocenters. The minimum atomic E-state index is -0.590. The second-order valence-electron chi connectivity index (χ2n) is 3.46. The van der Waals surface area contributed by atoms with Crippen LogP contribution in [0, 0.1) is 13.7 Å². The van der Waals surface area contributed by atoms with Crippen LogP contribution in [-0.4, -0.2) is 10.0 Å². The molecule has 92 valence electrons. The molecule has 0 heterocycles. The third-order valence-electron chi connectivity index (χ3n) is 2.19. The summed E-state index contributed by atoms with van der Waals surface area (Å²) in [5, 5.41) is 20.1. The average molecular weight is 373 g/mol. The molecule has 0 aliphatic rings. The van der Waals surface area contributed by atoms with Crippen LogP contribution in [0.1, 0.15) is 0 Å². The van der Waals surface area contributed by atoms with Crippen molar-refractivity contribution in [2.75, 3.05) is 0 Å². The Morgan fingerprint density at radius 1 is 1.11 bits per heavy atom. The Labute approximate surface area is 121 Å². The lowest BCUT2D eigenvalue weighted by molar-refractivity contribution is -0.386. The number of nitrogens with zero attached hydrogens (tertiary/aromatic N) is 1. The van der Waals surface area contributed by atoms with Gasteiger partial charge >= 0.3 is 5.69 Å². The molecule has 0 bridgehead atoms. The summed E-state index contributed by atoms with van der Waals surface area (Å²) in [6, 6.07) is 12.2. The van der Waals surface area contributed by atoms with E-state index in [4.69, 9.17) is 0 Å². The summed E-state index contributed by atoms with van der Waals surface area (Å²) in [5.41, 5.74) is -0.273. The second-order valence-corrected chi connectivity index (χ2v) is 5.86. The third kappa shape index (κ3) is 3.14. The van der Waals surface area contributed by atoms with Crippen molar-refractivity contribution in [3.63, 3.8) is 0 Å². The highest BCUT2D eigenvalue weighted by molar-refractivity contribution is 14.1. The van der Waals surface area contributed by atoms with Gasteiger partial charge in [-0.25, -0.2) is 0 Å². The zero-order valence-corrected chi connectivity index (χ0v) is 12.0. The van der Waals surface area contributed by atoms with Gasteiger partial charge in [-0.1, -0.05) is 11.8 Å². The van der Waals surface area contributed by atoms with Crippen LogP contribution in [-0.2, 0) is 0 Å². The van der Waals surface area contributed by atoms with E-state index in [0.717, 1.165) is 13.4 Å². The Morgan fingerprint density at radius 2 is 1.72 bits per heavy atom. The molecule has 0 saturated heterocycles. The number of halogens is 1. The summed E-state index contributed by atoms with van der Waals surface area (Å²) in [5.74, 6) is -0.313. The number of nitro groups is 1. The Morgan fingerprint density at radius 3 is 2.33 bits per heavy atom. The molecule has 0 aliphatic carbocycles. The molecule has 0 atom stereocenters. The van der Waals surface area contributed by atoms with Crippen molar-refractivity contribution in [3.05, 3.63) is 56.1 Å². The van der Waals surface area contributed by atoms with Gasteiger partial charge in [0.2, 0.25) is 0 Å². The van der Waals surface area contributed by atoms with E-state index in [2.05, 4.69) is 22.6 Å². The standard InChI is InChI=1S/C12H8INO3S/c13-8-1-3-9(4-2-8)18-10-5-6-12(15)11(7-10)14(16)17/h1-7,15H. The van der Waals surface area contributed by atoms with E-state index in [1.807, 2.05) is 24.3 Å². The minimum Gasteiger partial charge on any atom is -0.502 e. The maximum Gasteiger partial charge on any atom is 0.311 e. The van der Waals surface area contributed by atoms with Gasteiger partial charge in [0.1, 0.15) is 0 Å². The van der Waals surface area contributed by atoms with Crippen LogP contribution in [0.4, 0.5) is 5.69 Å². The van der Waals surface area contributed by atoms with Gasteiger partial charge < -0.3 is 5.11 Å². The first kappa shape index (κ1) is 13.2. The molecule has 0 fully saturated rings. The lowest BCUT2D eigenvalue weighted by atomic mass is 10.3. The molecule has 0 amide bonds. The van der Waals surface area contributed by atoms with Gasteiger partial charge in [0, 0.05) is 19.4 Å². The molecule has 0 spiro atoms. The minimum absolute atomic E-state index is 0.273. The van der Waals surface area contributed by atoms with Gasteiger partial charge in [0.15, 0.2) is 5.75 Å². The smallest absolute Gasteiger partial charge is 0.311 e. The number of hydrogen-bond donors (Lipinski definition) is 1. The van der Waals surface area contributed by atoms with Gasteiger partial charge in [-0.3, -0.25) is 10.1 Å². The highest BCUT2D eigenvalue weighted by Crippen LogP contribution is 2.34. The summed E-state index contributed by atoms with van der Waals surface area (Å²) in [4.78, 5) is 11.8. The van der Waals surface area contributed by atoms with E-state index in [-0.39, 0.29) is 11.4 Å². The summed E-state index contributed by atoms with van der Waals surface area (Å²) < 4.78 is 1.13. The van der Waals surface area contributed by atoms with Gasteiger partial charge in [0.25, 0.3) is 0 Å². The molecule has 0 radical (unpaired) electrons. The first-order valence-corrected chi connectivity index (χ1v) is 6.86. The second kappa shape index (κ2) is 5.57. The van der Waals surface area contributed by atoms with E-state index in [0.29, 0.717) is 0 Å².